The van der Waals surface area contributed by atoms with Crippen molar-refractivity contribution in [3.63, 3.8) is 0 Å². The van der Waals surface area contributed by atoms with E-state index in [4.69, 9.17) is 10.4 Å². The van der Waals surface area contributed by atoms with E-state index < -0.39 is 5.97 Å². The first-order chi connectivity index (χ1) is 4.18. The van der Waals surface area contributed by atoms with Gasteiger partial charge in [0.2, 0.25) is 0 Å². The van der Waals surface area contributed by atoms with Gasteiger partial charge in [-0.05, 0) is 13.0 Å². The molecule has 0 spiro atoms. The minimum atomic E-state index is -1.01. The molecule has 0 amide bonds. The second-order valence-corrected chi connectivity index (χ2v) is 1.49. The average molecular weight is 132 g/mol. The predicted octanol–water partition coefficient (Wildman–Crippen LogP) is 0.507. The summed E-state index contributed by atoms with van der Waals surface area (Å²) in [5.41, 5.74) is 0.157. The molecule has 2 N–H and O–H groups in total. The zero-order valence-corrected chi connectivity index (χ0v) is 5.00. The number of hydrogen-bond acceptors (Lipinski definition) is 3. The van der Waals surface area contributed by atoms with E-state index in [1.165, 1.54) is 13.0 Å². The van der Waals surface area contributed by atoms with Gasteiger partial charge in [-0.1, -0.05) is 0 Å². The van der Waals surface area contributed by atoms with Crippen molar-refractivity contribution in [3.05, 3.63) is 11.6 Å². The lowest BCUT2D eigenvalue weighted by Gasteiger charge is -1.89. The van der Waals surface area contributed by atoms with Crippen LogP contribution in [0.2, 0.25) is 0 Å². The van der Waals surface area contributed by atoms with E-state index in [-0.39, 0.29) is 12.2 Å². The van der Waals surface area contributed by atoms with Crippen LogP contribution in [-0.4, -0.2) is 22.9 Å². The summed E-state index contributed by atoms with van der Waals surface area (Å²) >= 11 is 0. The van der Waals surface area contributed by atoms with Crippen LogP contribution in [0.25, 0.3) is 0 Å². The van der Waals surface area contributed by atoms with Gasteiger partial charge in [0.05, 0.1) is 0 Å². The highest BCUT2D eigenvalue weighted by Crippen LogP contribution is 1.90. The highest BCUT2D eigenvalue weighted by molar-refractivity contribution is 5.85. The quantitative estimate of drug-likeness (QED) is 0.333. The second kappa shape index (κ2) is 4.05. The molecule has 0 heterocycles. The third-order valence-electron chi connectivity index (χ3n) is 0.801. The molecule has 0 saturated carbocycles. The highest BCUT2D eigenvalue weighted by atomic mass is 17.1. The van der Waals surface area contributed by atoms with Gasteiger partial charge < -0.3 is 5.11 Å². The third-order valence-corrected chi connectivity index (χ3v) is 0.801. The Balaban J connectivity index is 3.69. The Morgan fingerprint density at radius 3 is 2.67 bits per heavy atom. The molecule has 0 aliphatic carbocycles. The summed E-state index contributed by atoms with van der Waals surface area (Å²) in [6.45, 7) is 1.33. The van der Waals surface area contributed by atoms with Gasteiger partial charge in [-0.25, -0.2) is 9.68 Å². The molecule has 0 radical (unpaired) electrons. The number of aliphatic carboxylic acids is 1. The maximum atomic E-state index is 10.00. The number of rotatable bonds is 3. The number of carbonyl (C=O) groups is 1. The molecule has 0 atom stereocenters. The molecule has 0 saturated heterocycles. The van der Waals surface area contributed by atoms with Crippen LogP contribution in [0.4, 0.5) is 0 Å². The Bertz CT molecular complexity index is 127. The summed E-state index contributed by atoms with van der Waals surface area (Å²) in [7, 11) is 0. The van der Waals surface area contributed by atoms with Gasteiger partial charge in [0.15, 0.2) is 0 Å². The molecule has 0 aromatic rings. The van der Waals surface area contributed by atoms with Crippen LogP contribution in [0.3, 0.4) is 0 Å². The van der Waals surface area contributed by atoms with Gasteiger partial charge in [-0.2, -0.15) is 0 Å². The van der Waals surface area contributed by atoms with Crippen LogP contribution in [-0.2, 0) is 9.68 Å². The zero-order chi connectivity index (χ0) is 7.28. The Morgan fingerprint density at radius 1 is 1.78 bits per heavy atom. The van der Waals surface area contributed by atoms with Crippen LogP contribution in [0.5, 0.6) is 0 Å². The molecule has 4 nitrogen and oxygen atoms in total. The lowest BCUT2D eigenvalue weighted by Crippen LogP contribution is -1.97. The van der Waals surface area contributed by atoms with Crippen molar-refractivity contribution in [3.8, 4) is 0 Å². The van der Waals surface area contributed by atoms with Crippen molar-refractivity contribution in [2.24, 2.45) is 0 Å². The van der Waals surface area contributed by atoms with Crippen LogP contribution in [0, 0.1) is 0 Å². The predicted molar refractivity (Wildman–Crippen MR) is 30.0 cm³/mol. The molecule has 52 valence electrons. The van der Waals surface area contributed by atoms with Crippen molar-refractivity contribution in [1.29, 1.82) is 0 Å². The van der Waals surface area contributed by atoms with E-state index in [0.717, 1.165) is 0 Å². The molecule has 0 aliphatic rings. The normalized spacial score (nSPS) is 11.6. The van der Waals surface area contributed by atoms with Crippen LogP contribution < -0.4 is 0 Å². The smallest absolute Gasteiger partial charge is 0.331 e. The minimum absolute atomic E-state index is 0.0852. The average Bonchev–Trinajstić information content (AvgIpc) is 1.82. The molecular weight excluding hydrogens is 124 g/mol. The molecule has 0 aliphatic heterocycles. The van der Waals surface area contributed by atoms with Gasteiger partial charge in [0, 0.05) is 5.57 Å². The SMILES string of the molecule is C/C(=C\COO)C(=O)O. The monoisotopic (exact) mass is 132 g/mol. The standard InChI is InChI=1S/C5H8O4/c1-4(5(6)7)2-3-9-8/h2,8H,3H2,1H3,(H,6,7)/b4-2+. The lowest BCUT2D eigenvalue weighted by molar-refractivity contribution is -0.232. The Labute approximate surface area is 52.3 Å². The first kappa shape index (κ1) is 8.13. The summed E-state index contributed by atoms with van der Waals surface area (Å²) in [5, 5.41) is 16.0. The van der Waals surface area contributed by atoms with Gasteiger partial charge in [-0.15, -0.1) is 0 Å². The summed E-state index contributed by atoms with van der Waals surface area (Å²) in [4.78, 5) is 13.6. The Hall–Kier alpha value is -0.870. The van der Waals surface area contributed by atoms with Crippen LogP contribution in [0.15, 0.2) is 11.6 Å². The molecule has 0 fully saturated rings. The van der Waals surface area contributed by atoms with E-state index in [2.05, 4.69) is 4.89 Å². The van der Waals surface area contributed by atoms with Gasteiger partial charge >= 0.3 is 5.97 Å². The summed E-state index contributed by atoms with van der Waals surface area (Å²) < 4.78 is 0. The molecule has 0 aromatic carbocycles. The van der Waals surface area contributed by atoms with Gasteiger partial charge in [-0.3, -0.25) is 5.26 Å². The molecule has 0 bridgehead atoms. The first-order valence-corrected chi connectivity index (χ1v) is 2.35. The van der Waals surface area contributed by atoms with Crippen molar-refractivity contribution >= 4 is 5.97 Å². The van der Waals surface area contributed by atoms with Crippen molar-refractivity contribution < 1.29 is 20.0 Å². The van der Waals surface area contributed by atoms with E-state index in [9.17, 15) is 4.79 Å². The summed E-state index contributed by atoms with van der Waals surface area (Å²) in [6, 6.07) is 0. The van der Waals surface area contributed by atoms with E-state index in [1.807, 2.05) is 0 Å². The molecular formula is C5H8O4. The molecule has 0 unspecified atom stereocenters. The van der Waals surface area contributed by atoms with Crippen molar-refractivity contribution in [2.75, 3.05) is 6.61 Å². The molecule has 0 aromatic heterocycles. The van der Waals surface area contributed by atoms with Crippen molar-refractivity contribution in [1.82, 2.24) is 0 Å². The summed E-state index contributed by atoms with van der Waals surface area (Å²) in [6.07, 6.45) is 1.27. The van der Waals surface area contributed by atoms with E-state index >= 15 is 0 Å². The number of hydrogen-bond donors (Lipinski definition) is 2. The molecule has 0 rings (SSSR count). The lowest BCUT2D eigenvalue weighted by atomic mass is 10.3. The number of carboxylic acids is 1. The maximum absolute atomic E-state index is 10.00. The second-order valence-electron chi connectivity index (χ2n) is 1.49. The van der Waals surface area contributed by atoms with Crippen LogP contribution in [0.1, 0.15) is 6.92 Å². The van der Waals surface area contributed by atoms with E-state index in [1.54, 1.807) is 0 Å². The third kappa shape index (κ3) is 3.69. The summed E-state index contributed by atoms with van der Waals surface area (Å²) in [5.74, 6) is -1.01. The fraction of sp³-hybridized carbons (Fsp3) is 0.400. The Morgan fingerprint density at radius 2 is 2.33 bits per heavy atom. The fourth-order valence-electron chi connectivity index (χ4n) is 0.250. The Kier molecular flexibility index (Phi) is 3.66. The van der Waals surface area contributed by atoms with Gasteiger partial charge in [0.1, 0.15) is 6.61 Å². The fourth-order valence-corrected chi connectivity index (χ4v) is 0.250. The highest BCUT2D eigenvalue weighted by Gasteiger charge is 1.96. The van der Waals surface area contributed by atoms with Gasteiger partial charge in [0.25, 0.3) is 0 Å². The van der Waals surface area contributed by atoms with Crippen molar-refractivity contribution in [2.45, 2.75) is 6.92 Å². The van der Waals surface area contributed by atoms with E-state index in [0.29, 0.717) is 0 Å². The topological polar surface area (TPSA) is 66.8 Å². The molecule has 9 heavy (non-hydrogen) atoms. The molecule has 4 heteroatoms. The first-order valence-electron chi connectivity index (χ1n) is 2.35. The largest absolute Gasteiger partial charge is 0.478 e. The van der Waals surface area contributed by atoms with Crippen LogP contribution >= 0.6 is 0 Å². The zero-order valence-electron chi connectivity index (χ0n) is 5.00. The maximum Gasteiger partial charge on any atom is 0.331 e. The number of carboxylic acid groups (broad SMARTS) is 1. The minimum Gasteiger partial charge on any atom is -0.478 e.